The van der Waals surface area contributed by atoms with Crippen molar-refractivity contribution in [2.75, 3.05) is 13.7 Å². The van der Waals surface area contributed by atoms with Crippen LogP contribution in [0, 0.1) is 5.92 Å². The van der Waals surface area contributed by atoms with Crippen LogP contribution in [0.25, 0.3) is 0 Å². The summed E-state index contributed by atoms with van der Waals surface area (Å²) in [6.07, 6.45) is -3.16. The van der Waals surface area contributed by atoms with Crippen LogP contribution in [0.1, 0.15) is 6.92 Å². The molecule has 5 nitrogen and oxygen atoms in total. The Hall–Kier alpha value is -0.200. The Morgan fingerprint density at radius 3 is 2.38 bits per heavy atom. The molecule has 13 heavy (non-hydrogen) atoms. The van der Waals surface area contributed by atoms with Gasteiger partial charge in [0.2, 0.25) is 0 Å². The van der Waals surface area contributed by atoms with E-state index >= 15 is 0 Å². The molecule has 0 radical (unpaired) electrons. The van der Waals surface area contributed by atoms with E-state index in [1.165, 1.54) is 7.11 Å². The molecule has 1 fully saturated rings. The number of hydrogen-bond acceptors (Lipinski definition) is 5. The summed E-state index contributed by atoms with van der Waals surface area (Å²) >= 11 is 0. The fraction of sp³-hybridized carbons (Fsp3) is 1.00. The Bertz CT molecular complexity index is 143. The molecule has 0 aromatic carbocycles. The summed E-state index contributed by atoms with van der Waals surface area (Å²) in [5.74, 6) is -0.365. The SMILES string of the molecule is COC1OC(CO)C(O)[C@@H](C)[C@@H]1O. The molecular weight excluding hydrogens is 176 g/mol. The van der Waals surface area contributed by atoms with E-state index in [0.717, 1.165) is 0 Å². The molecule has 1 heterocycles. The molecule has 1 aliphatic heterocycles. The van der Waals surface area contributed by atoms with E-state index in [9.17, 15) is 10.2 Å². The number of hydrogen-bond donors (Lipinski definition) is 3. The second kappa shape index (κ2) is 4.34. The van der Waals surface area contributed by atoms with Crippen molar-refractivity contribution < 1.29 is 24.8 Å². The third-order valence-electron chi connectivity index (χ3n) is 2.46. The smallest absolute Gasteiger partial charge is 0.183 e. The zero-order valence-electron chi connectivity index (χ0n) is 7.75. The summed E-state index contributed by atoms with van der Waals surface area (Å²) in [5.41, 5.74) is 0. The van der Waals surface area contributed by atoms with Crippen molar-refractivity contribution in [1.82, 2.24) is 0 Å². The van der Waals surface area contributed by atoms with Crippen molar-refractivity contribution in [3.63, 3.8) is 0 Å². The van der Waals surface area contributed by atoms with Gasteiger partial charge in [-0.2, -0.15) is 0 Å². The lowest BCUT2D eigenvalue weighted by Gasteiger charge is -2.40. The standard InChI is InChI=1S/C8H16O5/c1-4-6(10)5(3-9)13-8(12-2)7(4)11/h4-11H,3H2,1-2H3/t4-,5?,6?,7+,8?/m1/s1. The van der Waals surface area contributed by atoms with E-state index in [1.54, 1.807) is 6.92 Å². The number of aliphatic hydroxyl groups excluding tert-OH is 3. The van der Waals surface area contributed by atoms with E-state index < -0.39 is 24.6 Å². The van der Waals surface area contributed by atoms with Crippen LogP contribution < -0.4 is 0 Å². The van der Waals surface area contributed by atoms with Crippen LogP contribution in [0.2, 0.25) is 0 Å². The van der Waals surface area contributed by atoms with Gasteiger partial charge in [0, 0.05) is 13.0 Å². The van der Waals surface area contributed by atoms with Crippen LogP contribution in [0.4, 0.5) is 0 Å². The van der Waals surface area contributed by atoms with Crippen molar-refractivity contribution >= 4 is 0 Å². The van der Waals surface area contributed by atoms with Gasteiger partial charge in [-0.1, -0.05) is 6.92 Å². The first-order chi connectivity index (χ1) is 6.11. The second-order valence-electron chi connectivity index (χ2n) is 3.30. The van der Waals surface area contributed by atoms with Gasteiger partial charge in [0.25, 0.3) is 0 Å². The molecule has 0 saturated carbocycles. The molecule has 78 valence electrons. The molecule has 0 bridgehead atoms. The normalized spacial score (nSPS) is 46.4. The predicted octanol–water partition coefficient (Wildman–Crippen LogP) is -1.29. The summed E-state index contributed by atoms with van der Waals surface area (Å²) in [5, 5.41) is 27.9. The van der Waals surface area contributed by atoms with Crippen molar-refractivity contribution in [3.05, 3.63) is 0 Å². The third-order valence-corrected chi connectivity index (χ3v) is 2.46. The van der Waals surface area contributed by atoms with Gasteiger partial charge in [-0.05, 0) is 0 Å². The summed E-state index contributed by atoms with van der Waals surface area (Å²) < 4.78 is 9.97. The Balaban J connectivity index is 2.66. The lowest BCUT2D eigenvalue weighted by molar-refractivity contribution is -0.280. The number of ether oxygens (including phenoxy) is 2. The Morgan fingerprint density at radius 2 is 1.92 bits per heavy atom. The number of rotatable bonds is 2. The molecule has 1 aliphatic rings. The highest BCUT2D eigenvalue weighted by atomic mass is 16.7. The van der Waals surface area contributed by atoms with Crippen molar-refractivity contribution in [2.45, 2.75) is 31.5 Å². The molecule has 5 atom stereocenters. The summed E-state index contributed by atoms with van der Waals surface area (Å²) in [6, 6.07) is 0. The molecule has 0 aromatic heterocycles. The minimum absolute atomic E-state index is 0.280. The summed E-state index contributed by atoms with van der Waals surface area (Å²) in [4.78, 5) is 0. The monoisotopic (exact) mass is 192 g/mol. The Labute approximate surface area is 76.9 Å². The number of methoxy groups -OCH3 is 1. The maximum absolute atomic E-state index is 9.53. The Kier molecular flexibility index (Phi) is 3.63. The number of aliphatic hydroxyl groups is 3. The van der Waals surface area contributed by atoms with Crippen LogP contribution in [-0.2, 0) is 9.47 Å². The van der Waals surface area contributed by atoms with Crippen molar-refractivity contribution in [2.24, 2.45) is 5.92 Å². The van der Waals surface area contributed by atoms with E-state index in [0.29, 0.717) is 0 Å². The quantitative estimate of drug-likeness (QED) is 0.507. The van der Waals surface area contributed by atoms with Gasteiger partial charge >= 0.3 is 0 Å². The maximum atomic E-state index is 9.53. The second-order valence-corrected chi connectivity index (χ2v) is 3.30. The average molecular weight is 192 g/mol. The van der Waals surface area contributed by atoms with Gasteiger partial charge in [0.15, 0.2) is 6.29 Å². The highest BCUT2D eigenvalue weighted by Crippen LogP contribution is 2.25. The molecule has 3 N–H and O–H groups in total. The molecule has 1 saturated heterocycles. The fourth-order valence-electron chi connectivity index (χ4n) is 1.47. The Morgan fingerprint density at radius 1 is 1.31 bits per heavy atom. The van der Waals surface area contributed by atoms with E-state index in [1.807, 2.05) is 0 Å². The third kappa shape index (κ3) is 2.00. The topological polar surface area (TPSA) is 79.2 Å². The molecule has 0 aromatic rings. The largest absolute Gasteiger partial charge is 0.394 e. The highest BCUT2D eigenvalue weighted by Gasteiger charge is 2.41. The fourth-order valence-corrected chi connectivity index (χ4v) is 1.47. The summed E-state index contributed by atoms with van der Waals surface area (Å²) in [7, 11) is 1.41. The molecule has 3 unspecified atom stereocenters. The van der Waals surface area contributed by atoms with Crippen molar-refractivity contribution in [3.8, 4) is 0 Å². The van der Waals surface area contributed by atoms with Crippen LogP contribution in [-0.4, -0.2) is 53.6 Å². The minimum atomic E-state index is -0.859. The van der Waals surface area contributed by atoms with E-state index in [-0.39, 0.29) is 12.5 Å². The van der Waals surface area contributed by atoms with Gasteiger partial charge in [0.05, 0.1) is 12.7 Å². The van der Waals surface area contributed by atoms with E-state index in [4.69, 9.17) is 14.6 Å². The molecule has 1 rings (SSSR count). The first-order valence-electron chi connectivity index (χ1n) is 4.27. The zero-order valence-corrected chi connectivity index (χ0v) is 7.75. The van der Waals surface area contributed by atoms with Crippen LogP contribution in [0.15, 0.2) is 0 Å². The lowest BCUT2D eigenvalue weighted by Crippen LogP contribution is -2.54. The average Bonchev–Trinajstić information content (AvgIpc) is 2.15. The molecule has 0 spiro atoms. The molecular formula is C8H16O5. The first kappa shape index (κ1) is 10.9. The van der Waals surface area contributed by atoms with Crippen LogP contribution >= 0.6 is 0 Å². The van der Waals surface area contributed by atoms with Gasteiger partial charge < -0.3 is 24.8 Å². The van der Waals surface area contributed by atoms with Gasteiger partial charge in [-0.25, -0.2) is 0 Å². The molecule has 0 aliphatic carbocycles. The summed E-state index contributed by atoms with van der Waals surface area (Å²) in [6.45, 7) is 1.41. The molecule has 5 heteroatoms. The minimum Gasteiger partial charge on any atom is -0.394 e. The van der Waals surface area contributed by atoms with Crippen molar-refractivity contribution in [1.29, 1.82) is 0 Å². The zero-order chi connectivity index (χ0) is 10.0. The lowest BCUT2D eigenvalue weighted by atomic mass is 9.91. The molecule has 0 amide bonds. The van der Waals surface area contributed by atoms with Gasteiger partial charge in [-0.15, -0.1) is 0 Å². The first-order valence-corrected chi connectivity index (χ1v) is 4.27. The van der Waals surface area contributed by atoms with E-state index in [2.05, 4.69) is 0 Å². The maximum Gasteiger partial charge on any atom is 0.183 e. The highest BCUT2D eigenvalue weighted by molar-refractivity contribution is 4.86. The van der Waals surface area contributed by atoms with Gasteiger partial charge in [-0.3, -0.25) is 0 Å². The van der Waals surface area contributed by atoms with Gasteiger partial charge in [0.1, 0.15) is 12.2 Å². The van der Waals surface area contributed by atoms with Crippen LogP contribution in [0.5, 0.6) is 0 Å². The predicted molar refractivity (Wildman–Crippen MR) is 43.9 cm³/mol. The van der Waals surface area contributed by atoms with Crippen LogP contribution in [0.3, 0.4) is 0 Å².